The molecule has 0 radical (unpaired) electrons. The quantitative estimate of drug-likeness (QED) is 0.132. The zero-order valence-electron chi connectivity index (χ0n) is 28.8. The zero-order chi connectivity index (χ0) is 34.5. The molecule has 0 aliphatic carbocycles. The van der Waals surface area contributed by atoms with Crippen LogP contribution in [0.15, 0.2) is 121 Å². The van der Waals surface area contributed by atoms with Crippen LogP contribution in [0.5, 0.6) is 0 Å². The molecule has 8 heteroatoms. The fourth-order valence-electron chi connectivity index (χ4n) is 7.70. The van der Waals surface area contributed by atoms with Gasteiger partial charge in [-0.25, -0.2) is 0 Å². The standard InChI is InChI=1S/2C21H23NO3/c2*1-2-25-21(23)20-19(17-13-24-14-17)22(20)18(15-9-5-3-6-10-15)16-11-7-4-8-12-16/h2*3-12,17-20H,2,13-14H2,1H3/t2*19-,20-,22?/m10/s1. The van der Waals surface area contributed by atoms with Crippen LogP contribution in [0.2, 0.25) is 0 Å². The first-order valence-electron chi connectivity index (χ1n) is 17.9. The number of ether oxygens (including phenoxy) is 4. The molecule has 0 aromatic heterocycles. The summed E-state index contributed by atoms with van der Waals surface area (Å²) in [5, 5.41) is 0. The van der Waals surface area contributed by atoms with E-state index in [0.717, 1.165) is 26.4 Å². The van der Waals surface area contributed by atoms with Gasteiger partial charge in [-0.15, -0.1) is 0 Å². The zero-order valence-corrected chi connectivity index (χ0v) is 28.8. The van der Waals surface area contributed by atoms with Gasteiger partial charge in [-0.05, 0) is 36.1 Å². The third-order valence-corrected chi connectivity index (χ3v) is 10.2. The summed E-state index contributed by atoms with van der Waals surface area (Å²) in [5.74, 6) is 0.584. The molecule has 4 aromatic rings. The molecule has 0 bridgehead atoms. The van der Waals surface area contributed by atoms with E-state index in [1.54, 1.807) is 0 Å². The summed E-state index contributed by atoms with van der Waals surface area (Å²) in [5.41, 5.74) is 4.80. The first-order chi connectivity index (χ1) is 24.6. The van der Waals surface area contributed by atoms with Gasteiger partial charge in [-0.2, -0.15) is 0 Å². The second kappa shape index (κ2) is 15.7. The summed E-state index contributed by atoms with van der Waals surface area (Å²) in [7, 11) is 0. The number of rotatable bonds is 12. The number of nitrogens with zero attached hydrogens (tertiary/aromatic N) is 2. The Bertz CT molecular complexity index is 1480. The van der Waals surface area contributed by atoms with Crippen molar-refractivity contribution < 1.29 is 28.5 Å². The van der Waals surface area contributed by atoms with Gasteiger partial charge in [0, 0.05) is 23.9 Å². The number of carbonyl (C=O) groups is 2. The SMILES string of the molecule is CCOC(=O)[C@@H]1[C@H](C2COC2)N1C(c1ccccc1)c1ccccc1.CCOC(=O)[C@H]1[C@@H](C2COC2)N1C(c1ccccc1)c1ccccc1. The van der Waals surface area contributed by atoms with Gasteiger partial charge in [-0.1, -0.05) is 121 Å². The van der Waals surface area contributed by atoms with Crippen molar-refractivity contribution in [3.8, 4) is 0 Å². The van der Waals surface area contributed by atoms with E-state index in [2.05, 4.69) is 107 Å². The van der Waals surface area contributed by atoms with E-state index >= 15 is 0 Å². The van der Waals surface area contributed by atoms with Crippen molar-refractivity contribution in [3.63, 3.8) is 0 Å². The van der Waals surface area contributed by atoms with Gasteiger partial charge in [0.1, 0.15) is 12.1 Å². The molecular weight excluding hydrogens is 628 g/mol. The molecule has 6 atom stereocenters. The monoisotopic (exact) mass is 674 g/mol. The number of hydrogen-bond acceptors (Lipinski definition) is 8. The normalized spacial score (nSPS) is 25.4. The predicted octanol–water partition coefficient (Wildman–Crippen LogP) is 6.08. The summed E-state index contributed by atoms with van der Waals surface area (Å²) >= 11 is 0. The van der Waals surface area contributed by atoms with Crippen LogP contribution in [0, 0.1) is 11.8 Å². The van der Waals surface area contributed by atoms with Gasteiger partial charge < -0.3 is 18.9 Å². The number of carbonyl (C=O) groups excluding carboxylic acids is 2. The average Bonchev–Trinajstić information content (AvgIpc) is 4.01. The van der Waals surface area contributed by atoms with Crippen molar-refractivity contribution >= 4 is 11.9 Å². The van der Waals surface area contributed by atoms with E-state index in [-0.39, 0.29) is 48.2 Å². The Hall–Kier alpha value is -4.34. The van der Waals surface area contributed by atoms with Gasteiger partial charge in [0.25, 0.3) is 0 Å². The molecule has 4 aliphatic heterocycles. The molecule has 4 fully saturated rings. The van der Waals surface area contributed by atoms with Crippen molar-refractivity contribution in [1.82, 2.24) is 9.80 Å². The van der Waals surface area contributed by atoms with Gasteiger partial charge in [0.15, 0.2) is 0 Å². The van der Waals surface area contributed by atoms with Crippen molar-refractivity contribution in [2.24, 2.45) is 11.8 Å². The molecule has 4 heterocycles. The lowest BCUT2D eigenvalue weighted by atomic mass is 9.97. The van der Waals surface area contributed by atoms with E-state index in [0.29, 0.717) is 25.0 Å². The maximum absolute atomic E-state index is 12.5. The van der Waals surface area contributed by atoms with Crippen LogP contribution in [0.4, 0.5) is 0 Å². The first kappa shape index (κ1) is 34.1. The van der Waals surface area contributed by atoms with Crippen LogP contribution < -0.4 is 0 Å². The third kappa shape index (κ3) is 7.12. The van der Waals surface area contributed by atoms with Crippen molar-refractivity contribution in [2.45, 2.75) is 50.1 Å². The van der Waals surface area contributed by atoms with Crippen LogP contribution in [0.1, 0.15) is 48.2 Å². The van der Waals surface area contributed by atoms with Gasteiger partial charge in [-0.3, -0.25) is 19.4 Å². The third-order valence-electron chi connectivity index (χ3n) is 10.2. The Labute approximate surface area is 294 Å². The van der Waals surface area contributed by atoms with E-state index in [1.165, 1.54) is 22.3 Å². The first-order valence-corrected chi connectivity index (χ1v) is 17.9. The highest BCUT2D eigenvalue weighted by atomic mass is 16.5. The predicted molar refractivity (Wildman–Crippen MR) is 190 cm³/mol. The van der Waals surface area contributed by atoms with Crippen LogP contribution >= 0.6 is 0 Å². The lowest BCUT2D eigenvalue weighted by Crippen LogP contribution is -2.35. The second-order valence-corrected chi connectivity index (χ2v) is 13.3. The Morgan fingerprint density at radius 2 is 0.820 bits per heavy atom. The summed E-state index contributed by atoms with van der Waals surface area (Å²) in [6, 6.07) is 41.7. The molecule has 0 saturated carbocycles. The van der Waals surface area contributed by atoms with Gasteiger partial charge in [0.2, 0.25) is 0 Å². The molecule has 8 rings (SSSR count). The largest absolute Gasteiger partial charge is 0.465 e. The molecule has 4 aromatic carbocycles. The Morgan fingerprint density at radius 1 is 0.540 bits per heavy atom. The molecule has 4 saturated heterocycles. The van der Waals surface area contributed by atoms with Crippen molar-refractivity contribution in [1.29, 1.82) is 0 Å². The van der Waals surface area contributed by atoms with E-state index in [4.69, 9.17) is 18.9 Å². The van der Waals surface area contributed by atoms with Crippen LogP contribution in [-0.2, 0) is 28.5 Å². The smallest absolute Gasteiger partial charge is 0.325 e. The molecule has 4 aliphatic rings. The minimum absolute atomic E-state index is 0.0578. The van der Waals surface area contributed by atoms with Crippen LogP contribution in [0.25, 0.3) is 0 Å². The van der Waals surface area contributed by atoms with Crippen molar-refractivity contribution in [2.75, 3.05) is 39.6 Å². The number of esters is 2. The van der Waals surface area contributed by atoms with E-state index in [9.17, 15) is 9.59 Å². The minimum atomic E-state index is -0.181. The molecule has 0 spiro atoms. The summed E-state index contributed by atoms with van der Waals surface area (Å²) < 4.78 is 21.5. The molecule has 0 amide bonds. The van der Waals surface area contributed by atoms with E-state index in [1.807, 2.05) is 38.1 Å². The Morgan fingerprint density at radius 3 is 1.04 bits per heavy atom. The average molecular weight is 675 g/mol. The van der Waals surface area contributed by atoms with Gasteiger partial charge >= 0.3 is 11.9 Å². The highest BCUT2D eigenvalue weighted by Gasteiger charge is 2.62. The highest BCUT2D eigenvalue weighted by Crippen LogP contribution is 2.49. The van der Waals surface area contributed by atoms with Crippen molar-refractivity contribution in [3.05, 3.63) is 144 Å². The summed E-state index contributed by atoms with van der Waals surface area (Å²) in [4.78, 5) is 29.7. The number of benzene rings is 4. The maximum Gasteiger partial charge on any atom is 0.325 e. The summed E-state index contributed by atoms with van der Waals surface area (Å²) in [6.45, 7) is 7.47. The fourth-order valence-corrected chi connectivity index (χ4v) is 7.70. The molecule has 0 N–H and O–H groups in total. The van der Waals surface area contributed by atoms with Gasteiger partial charge in [0.05, 0.1) is 51.7 Å². The lowest BCUT2D eigenvalue weighted by Gasteiger charge is -2.28. The molecule has 260 valence electrons. The molecule has 8 nitrogen and oxygen atoms in total. The number of hydrogen-bond donors (Lipinski definition) is 0. The molecular formula is C42H46N2O6. The maximum atomic E-state index is 12.5. The fraction of sp³-hybridized carbons (Fsp3) is 0.381. The Balaban J connectivity index is 0.000000157. The minimum Gasteiger partial charge on any atom is -0.465 e. The lowest BCUT2D eigenvalue weighted by molar-refractivity contribution is -0.144. The summed E-state index contributed by atoms with van der Waals surface area (Å²) in [6.07, 6.45) is 0. The van der Waals surface area contributed by atoms with E-state index < -0.39 is 0 Å². The Kier molecular flexibility index (Phi) is 10.7. The molecule has 50 heavy (non-hydrogen) atoms. The molecule has 2 unspecified atom stereocenters. The van der Waals surface area contributed by atoms with Crippen LogP contribution in [0.3, 0.4) is 0 Å². The highest BCUT2D eigenvalue weighted by molar-refractivity contribution is 5.81. The van der Waals surface area contributed by atoms with Crippen LogP contribution in [-0.4, -0.2) is 85.5 Å². The topological polar surface area (TPSA) is 77.1 Å². The second-order valence-electron chi connectivity index (χ2n) is 13.3.